The summed E-state index contributed by atoms with van der Waals surface area (Å²) in [6.07, 6.45) is 1.97. The number of sulfonamides is 1. The molecule has 1 heterocycles. The van der Waals surface area contributed by atoms with Gasteiger partial charge in [0.2, 0.25) is 0 Å². The summed E-state index contributed by atoms with van der Waals surface area (Å²) < 4.78 is 26.1. The minimum absolute atomic E-state index is 0.0139. The highest BCUT2D eigenvalue weighted by Gasteiger charge is 2.37. The molecule has 1 aliphatic rings. The monoisotopic (exact) mass is 381 g/mol. The second-order valence-electron chi connectivity index (χ2n) is 6.46. The SMILES string of the molecule is CCC(CC)NCC(C)NC(=O)C1=C(O)c2ccccc2S(=O)(=O)N1C. The maximum Gasteiger partial charge on any atom is 0.272 e. The third kappa shape index (κ3) is 3.86. The minimum atomic E-state index is -3.88. The lowest BCUT2D eigenvalue weighted by molar-refractivity contribution is -0.119. The van der Waals surface area contributed by atoms with Gasteiger partial charge in [-0.15, -0.1) is 0 Å². The van der Waals surface area contributed by atoms with Gasteiger partial charge >= 0.3 is 0 Å². The molecule has 8 heteroatoms. The van der Waals surface area contributed by atoms with Crippen molar-refractivity contribution in [3.05, 3.63) is 35.5 Å². The van der Waals surface area contributed by atoms with Crippen molar-refractivity contribution in [3.8, 4) is 0 Å². The highest BCUT2D eigenvalue weighted by atomic mass is 32.2. The second-order valence-corrected chi connectivity index (χ2v) is 8.40. The van der Waals surface area contributed by atoms with Crippen LogP contribution in [0.1, 0.15) is 39.2 Å². The third-order valence-electron chi connectivity index (χ3n) is 4.61. The Kier molecular flexibility index (Phi) is 6.30. The Labute approximate surface area is 155 Å². The predicted molar refractivity (Wildman–Crippen MR) is 101 cm³/mol. The number of nitrogens with one attached hydrogen (secondary N) is 2. The second kappa shape index (κ2) is 8.09. The van der Waals surface area contributed by atoms with Gasteiger partial charge in [0, 0.05) is 31.2 Å². The van der Waals surface area contributed by atoms with Gasteiger partial charge in [-0.05, 0) is 31.9 Å². The zero-order valence-corrected chi connectivity index (χ0v) is 16.4. The summed E-state index contributed by atoms with van der Waals surface area (Å²) in [5, 5.41) is 16.6. The molecule has 3 N–H and O–H groups in total. The molecule has 7 nitrogen and oxygen atoms in total. The molecule has 1 unspecified atom stereocenters. The third-order valence-corrected chi connectivity index (χ3v) is 6.43. The van der Waals surface area contributed by atoms with E-state index >= 15 is 0 Å². The number of nitrogens with zero attached hydrogens (tertiary/aromatic N) is 1. The van der Waals surface area contributed by atoms with Crippen molar-refractivity contribution in [2.75, 3.05) is 13.6 Å². The molecule has 0 radical (unpaired) electrons. The number of fused-ring (bicyclic) bond motifs is 1. The van der Waals surface area contributed by atoms with Crippen LogP contribution in [0.3, 0.4) is 0 Å². The maximum absolute atomic E-state index is 12.6. The van der Waals surface area contributed by atoms with Gasteiger partial charge in [-0.3, -0.25) is 9.10 Å². The van der Waals surface area contributed by atoms with Crippen molar-refractivity contribution in [1.29, 1.82) is 0 Å². The first-order valence-corrected chi connectivity index (χ1v) is 10.2. The molecule has 0 bridgehead atoms. The summed E-state index contributed by atoms with van der Waals surface area (Å²) in [5.74, 6) is -0.961. The van der Waals surface area contributed by atoms with Crippen LogP contribution in [0.2, 0.25) is 0 Å². The first kappa shape index (κ1) is 20.3. The number of aliphatic hydroxyl groups is 1. The molecule has 0 spiro atoms. The molecule has 26 heavy (non-hydrogen) atoms. The van der Waals surface area contributed by atoms with Crippen molar-refractivity contribution in [1.82, 2.24) is 14.9 Å². The number of carbonyl (C=O) groups excluding carboxylic acids is 1. The first-order chi connectivity index (χ1) is 12.2. The molecule has 0 aliphatic carbocycles. The largest absolute Gasteiger partial charge is 0.505 e. The lowest BCUT2D eigenvalue weighted by atomic mass is 10.1. The minimum Gasteiger partial charge on any atom is -0.505 e. The van der Waals surface area contributed by atoms with E-state index in [1.807, 2.05) is 6.92 Å². The zero-order valence-electron chi connectivity index (χ0n) is 15.6. The van der Waals surface area contributed by atoms with Crippen molar-refractivity contribution < 1.29 is 18.3 Å². The summed E-state index contributed by atoms with van der Waals surface area (Å²) in [6.45, 7) is 6.56. The van der Waals surface area contributed by atoms with Crippen LogP contribution in [0.4, 0.5) is 0 Å². The van der Waals surface area contributed by atoms with E-state index in [0.717, 1.165) is 17.1 Å². The Morgan fingerprint density at radius 1 is 1.23 bits per heavy atom. The van der Waals surface area contributed by atoms with E-state index in [4.69, 9.17) is 0 Å². The highest BCUT2D eigenvalue weighted by Crippen LogP contribution is 2.34. The molecule has 1 atom stereocenters. The summed E-state index contributed by atoms with van der Waals surface area (Å²) in [5.41, 5.74) is -0.128. The summed E-state index contributed by atoms with van der Waals surface area (Å²) in [7, 11) is -2.61. The van der Waals surface area contributed by atoms with Crippen LogP contribution in [-0.4, -0.2) is 49.4 Å². The van der Waals surface area contributed by atoms with Crippen molar-refractivity contribution >= 4 is 21.7 Å². The predicted octanol–water partition coefficient (Wildman–Crippen LogP) is 1.83. The van der Waals surface area contributed by atoms with Crippen molar-refractivity contribution in [3.63, 3.8) is 0 Å². The standard InChI is InChI=1S/C18H27N3O4S/c1-5-13(6-2)19-11-12(3)20-18(23)16-17(22)14-9-7-8-10-15(14)26(24,25)21(16)4/h7-10,12-13,19,22H,5-6,11H2,1-4H3,(H,20,23). The van der Waals surface area contributed by atoms with Crippen molar-refractivity contribution in [2.45, 2.75) is 50.6 Å². The number of rotatable bonds is 7. The Balaban J connectivity index is 2.23. The molecule has 0 fully saturated rings. The Bertz CT molecular complexity index is 800. The Morgan fingerprint density at radius 3 is 2.46 bits per heavy atom. The van der Waals surface area contributed by atoms with Gasteiger partial charge in [0.05, 0.1) is 4.90 Å². The topological polar surface area (TPSA) is 98.7 Å². The fourth-order valence-electron chi connectivity index (χ4n) is 2.95. The smallest absolute Gasteiger partial charge is 0.272 e. The molecule has 0 saturated carbocycles. The number of benzene rings is 1. The normalized spacial score (nSPS) is 17.2. The van der Waals surface area contributed by atoms with E-state index in [1.54, 1.807) is 12.1 Å². The molecule has 1 aromatic rings. The zero-order chi connectivity index (χ0) is 19.5. The number of hydrogen-bond donors (Lipinski definition) is 3. The average Bonchev–Trinajstić information content (AvgIpc) is 2.61. The van der Waals surface area contributed by atoms with Gasteiger partial charge in [-0.2, -0.15) is 0 Å². The van der Waals surface area contributed by atoms with Crippen LogP contribution in [0.5, 0.6) is 0 Å². The van der Waals surface area contributed by atoms with Gasteiger partial charge in [-0.1, -0.05) is 26.0 Å². The quantitative estimate of drug-likeness (QED) is 0.669. The van der Waals surface area contributed by atoms with Gasteiger partial charge in [-0.25, -0.2) is 8.42 Å². The molecule has 144 valence electrons. The fraction of sp³-hybridized carbons (Fsp3) is 0.500. The van der Waals surface area contributed by atoms with E-state index in [2.05, 4.69) is 24.5 Å². The molecule has 1 aliphatic heterocycles. The molecular formula is C18H27N3O4S. The van der Waals surface area contributed by atoms with E-state index < -0.39 is 15.9 Å². The summed E-state index contributed by atoms with van der Waals surface area (Å²) in [4.78, 5) is 12.6. The summed E-state index contributed by atoms with van der Waals surface area (Å²) >= 11 is 0. The van der Waals surface area contributed by atoms with Crippen LogP contribution >= 0.6 is 0 Å². The first-order valence-electron chi connectivity index (χ1n) is 8.79. The van der Waals surface area contributed by atoms with Gasteiger partial charge in [0.25, 0.3) is 15.9 Å². The number of aliphatic hydroxyl groups excluding tert-OH is 1. The van der Waals surface area contributed by atoms with Crippen LogP contribution in [0.25, 0.3) is 5.76 Å². The van der Waals surface area contributed by atoms with Crippen LogP contribution in [0.15, 0.2) is 34.9 Å². The van der Waals surface area contributed by atoms with Crippen LogP contribution < -0.4 is 10.6 Å². The average molecular weight is 381 g/mol. The van der Waals surface area contributed by atoms with Crippen LogP contribution in [0, 0.1) is 0 Å². The number of likely N-dealkylation sites (N-methyl/N-ethyl adjacent to an activating group) is 1. The van der Waals surface area contributed by atoms with Crippen molar-refractivity contribution in [2.24, 2.45) is 0 Å². The lowest BCUT2D eigenvalue weighted by Crippen LogP contribution is -2.46. The molecule has 0 aromatic heterocycles. The molecule has 0 saturated heterocycles. The molecule has 1 amide bonds. The van der Waals surface area contributed by atoms with E-state index in [9.17, 15) is 18.3 Å². The highest BCUT2D eigenvalue weighted by molar-refractivity contribution is 7.89. The van der Waals surface area contributed by atoms with E-state index in [-0.39, 0.29) is 28.0 Å². The van der Waals surface area contributed by atoms with Gasteiger partial charge in [0.1, 0.15) is 0 Å². The Morgan fingerprint density at radius 2 is 1.85 bits per heavy atom. The van der Waals surface area contributed by atoms with E-state index in [1.165, 1.54) is 19.2 Å². The number of hydrogen-bond acceptors (Lipinski definition) is 5. The van der Waals surface area contributed by atoms with Gasteiger partial charge in [0.15, 0.2) is 11.5 Å². The molecular weight excluding hydrogens is 354 g/mol. The molecule has 2 rings (SSSR count). The summed E-state index contributed by atoms with van der Waals surface area (Å²) in [6, 6.07) is 6.24. The number of amides is 1. The number of carbonyl (C=O) groups is 1. The maximum atomic E-state index is 12.6. The van der Waals surface area contributed by atoms with Crippen LogP contribution in [-0.2, 0) is 14.8 Å². The van der Waals surface area contributed by atoms with Gasteiger partial charge < -0.3 is 15.7 Å². The Hall–Kier alpha value is -2.06. The molecule has 1 aromatic carbocycles. The fourth-order valence-corrected chi connectivity index (χ4v) is 4.34. The lowest BCUT2D eigenvalue weighted by Gasteiger charge is -2.29. The van der Waals surface area contributed by atoms with E-state index in [0.29, 0.717) is 12.6 Å².